The molecule has 0 spiro atoms. The first kappa shape index (κ1) is 23.0. The summed E-state index contributed by atoms with van der Waals surface area (Å²) in [6, 6.07) is 6.45. The van der Waals surface area contributed by atoms with Crippen molar-refractivity contribution in [2.45, 2.75) is 27.2 Å². The molecule has 0 aromatic heterocycles. The summed E-state index contributed by atoms with van der Waals surface area (Å²) in [5.41, 5.74) is 2.92. The van der Waals surface area contributed by atoms with E-state index in [1.165, 1.54) is 12.1 Å². The number of halogens is 1. The molecule has 1 nitrogen and oxygen atoms in total. The zero-order chi connectivity index (χ0) is 19.9. The van der Waals surface area contributed by atoms with Gasteiger partial charge in [0.15, 0.2) is 0 Å². The molecule has 0 aliphatic rings. The molecule has 1 aromatic rings. The van der Waals surface area contributed by atoms with Crippen LogP contribution in [0.3, 0.4) is 0 Å². The van der Waals surface area contributed by atoms with E-state index in [0.29, 0.717) is 12.3 Å². The van der Waals surface area contributed by atoms with Gasteiger partial charge >= 0.3 is 0 Å². The topological polar surface area (TPSA) is 3.24 Å². The molecule has 26 heavy (non-hydrogen) atoms. The Hall–Kier alpha value is -2.97. The van der Waals surface area contributed by atoms with Crippen LogP contribution >= 0.6 is 0 Å². The van der Waals surface area contributed by atoms with Gasteiger partial charge in [-0.2, -0.15) is 0 Å². The molecule has 0 N–H and O–H groups in total. The second kappa shape index (κ2) is 13.3. The van der Waals surface area contributed by atoms with Gasteiger partial charge < -0.3 is 4.90 Å². The predicted octanol–water partition coefficient (Wildman–Crippen LogP) is 6.13. The molecule has 0 bridgehead atoms. The van der Waals surface area contributed by atoms with Gasteiger partial charge in [0, 0.05) is 30.4 Å². The van der Waals surface area contributed by atoms with E-state index in [0.717, 1.165) is 17.0 Å². The van der Waals surface area contributed by atoms with Crippen molar-refractivity contribution in [1.29, 1.82) is 0 Å². The van der Waals surface area contributed by atoms with Gasteiger partial charge in [-0.3, -0.25) is 0 Å². The number of allylic oxidation sites excluding steroid dienone is 7. The zero-order valence-electron chi connectivity index (χ0n) is 16.2. The van der Waals surface area contributed by atoms with Crippen molar-refractivity contribution >= 4 is 5.69 Å². The Morgan fingerprint density at radius 1 is 1.27 bits per heavy atom. The highest BCUT2D eigenvalue weighted by molar-refractivity contribution is 5.50. The summed E-state index contributed by atoms with van der Waals surface area (Å²) in [6.07, 6.45) is 18.6. The number of rotatable bonds is 6. The smallest absolute Gasteiger partial charge is 0.123 e. The first-order valence-electron chi connectivity index (χ1n) is 8.43. The molecule has 0 aliphatic heterocycles. The number of hydrogen-bond acceptors (Lipinski definition) is 1. The standard InChI is InChI=1S/C22H26FN.C2H2/c1-6-20(13-9-10-18(2)3)12-8-7-11-19(4)24(5)22-16-14-21(23)15-17-22;1-2/h6,9-11,13-18H,1,7H2,2-5H3;1-2H/b10-9-,19-11-,20-13+;. The maximum absolute atomic E-state index is 13.0. The maximum Gasteiger partial charge on any atom is 0.123 e. The number of nitrogens with zero attached hydrogens (tertiary/aromatic N) is 1. The van der Waals surface area contributed by atoms with Crippen LogP contribution in [0.25, 0.3) is 0 Å². The third-order valence-electron chi connectivity index (χ3n) is 3.47. The van der Waals surface area contributed by atoms with E-state index in [-0.39, 0.29) is 5.82 Å². The molecule has 0 radical (unpaired) electrons. The maximum atomic E-state index is 13.0. The molecule has 0 amide bonds. The van der Waals surface area contributed by atoms with Crippen molar-refractivity contribution in [3.8, 4) is 24.7 Å². The monoisotopic (exact) mass is 349 g/mol. The Kier molecular flexibility index (Phi) is 11.8. The van der Waals surface area contributed by atoms with Crippen LogP contribution in [0.1, 0.15) is 27.2 Å². The second-order valence-electron chi connectivity index (χ2n) is 5.84. The van der Waals surface area contributed by atoms with Crippen LogP contribution in [-0.4, -0.2) is 7.05 Å². The van der Waals surface area contributed by atoms with E-state index in [1.54, 1.807) is 18.2 Å². The van der Waals surface area contributed by atoms with Crippen LogP contribution in [0, 0.1) is 36.4 Å². The van der Waals surface area contributed by atoms with E-state index in [9.17, 15) is 4.39 Å². The molecule has 0 saturated carbocycles. The number of anilines is 1. The van der Waals surface area contributed by atoms with Gasteiger partial charge in [-0.25, -0.2) is 4.39 Å². The van der Waals surface area contributed by atoms with Crippen molar-refractivity contribution < 1.29 is 4.39 Å². The highest BCUT2D eigenvalue weighted by Gasteiger charge is 2.01. The van der Waals surface area contributed by atoms with Gasteiger partial charge in [0.05, 0.1) is 0 Å². The van der Waals surface area contributed by atoms with Gasteiger partial charge in [0.1, 0.15) is 5.82 Å². The highest BCUT2D eigenvalue weighted by atomic mass is 19.1. The van der Waals surface area contributed by atoms with Gasteiger partial charge in [-0.15, -0.1) is 12.8 Å². The van der Waals surface area contributed by atoms with Crippen molar-refractivity contribution in [2.75, 3.05) is 11.9 Å². The normalized spacial score (nSPS) is 11.4. The lowest BCUT2D eigenvalue weighted by atomic mass is 10.2. The molecule has 0 fully saturated rings. The molecule has 136 valence electrons. The number of terminal acetylenes is 1. The van der Waals surface area contributed by atoms with Gasteiger partial charge in [-0.05, 0) is 43.2 Å². The second-order valence-corrected chi connectivity index (χ2v) is 5.84. The lowest BCUT2D eigenvalue weighted by Gasteiger charge is -2.19. The fraction of sp³-hybridized carbons (Fsp3) is 0.250. The van der Waals surface area contributed by atoms with Crippen molar-refractivity contribution in [3.05, 3.63) is 78.3 Å². The largest absolute Gasteiger partial charge is 0.349 e. The molecular formula is C24H28FN. The first-order chi connectivity index (χ1) is 12.4. The Balaban J connectivity index is 0.00000301. The van der Waals surface area contributed by atoms with Crippen LogP contribution in [0.4, 0.5) is 10.1 Å². The van der Waals surface area contributed by atoms with E-state index in [2.05, 4.69) is 57.3 Å². The average Bonchev–Trinajstić information content (AvgIpc) is 2.64. The summed E-state index contributed by atoms with van der Waals surface area (Å²) in [7, 11) is 1.96. The van der Waals surface area contributed by atoms with Crippen LogP contribution < -0.4 is 4.90 Å². The molecule has 0 unspecified atom stereocenters. The van der Waals surface area contributed by atoms with Crippen LogP contribution in [0.5, 0.6) is 0 Å². The summed E-state index contributed by atoms with van der Waals surface area (Å²) in [6.45, 7) is 10.1. The minimum absolute atomic E-state index is 0.227. The van der Waals surface area contributed by atoms with Crippen LogP contribution in [0.2, 0.25) is 0 Å². The lowest BCUT2D eigenvalue weighted by molar-refractivity contribution is 0.628. The molecule has 1 rings (SSSR count). The molecule has 0 atom stereocenters. The predicted molar refractivity (Wildman–Crippen MR) is 113 cm³/mol. The number of hydrogen-bond donors (Lipinski definition) is 0. The third kappa shape index (κ3) is 9.36. The molecule has 0 heterocycles. The quantitative estimate of drug-likeness (QED) is 0.441. The average molecular weight is 349 g/mol. The molecule has 1 aromatic carbocycles. The molecule has 0 aliphatic carbocycles. The van der Waals surface area contributed by atoms with E-state index < -0.39 is 0 Å². The summed E-state index contributed by atoms with van der Waals surface area (Å²) in [5.74, 6) is 6.54. The zero-order valence-corrected chi connectivity index (χ0v) is 16.2. The van der Waals surface area contributed by atoms with E-state index in [1.807, 2.05) is 31.0 Å². The Labute approximate surface area is 158 Å². The fourth-order valence-corrected chi connectivity index (χ4v) is 1.90. The van der Waals surface area contributed by atoms with Gasteiger partial charge in [0.25, 0.3) is 0 Å². The van der Waals surface area contributed by atoms with Crippen molar-refractivity contribution in [3.63, 3.8) is 0 Å². The minimum Gasteiger partial charge on any atom is -0.349 e. The minimum atomic E-state index is -0.227. The van der Waals surface area contributed by atoms with Gasteiger partial charge in [0.2, 0.25) is 0 Å². The third-order valence-corrected chi connectivity index (χ3v) is 3.47. The summed E-state index contributed by atoms with van der Waals surface area (Å²) >= 11 is 0. The van der Waals surface area contributed by atoms with Crippen molar-refractivity contribution in [1.82, 2.24) is 0 Å². The SMILES string of the molecule is C#C.C=C/C(C#CC/C=C(/C)N(C)c1ccc(F)cc1)=C\C=C/C(C)C. The van der Waals surface area contributed by atoms with E-state index in [4.69, 9.17) is 0 Å². The fourth-order valence-electron chi connectivity index (χ4n) is 1.90. The first-order valence-corrected chi connectivity index (χ1v) is 8.43. The Bertz CT molecular complexity index is 719. The summed E-state index contributed by atoms with van der Waals surface area (Å²) in [4.78, 5) is 2.01. The van der Waals surface area contributed by atoms with Gasteiger partial charge in [-0.1, -0.05) is 56.6 Å². The summed E-state index contributed by atoms with van der Waals surface area (Å²) < 4.78 is 13.0. The lowest BCUT2D eigenvalue weighted by Crippen LogP contribution is -2.13. The molecule has 2 heteroatoms. The number of benzene rings is 1. The highest BCUT2D eigenvalue weighted by Crippen LogP contribution is 2.17. The Morgan fingerprint density at radius 3 is 2.42 bits per heavy atom. The summed E-state index contributed by atoms with van der Waals surface area (Å²) in [5, 5.41) is 0. The van der Waals surface area contributed by atoms with E-state index >= 15 is 0 Å². The molecule has 0 saturated heterocycles. The molecular weight excluding hydrogens is 321 g/mol. The van der Waals surface area contributed by atoms with Crippen molar-refractivity contribution in [2.24, 2.45) is 5.92 Å². The van der Waals surface area contributed by atoms with Crippen LogP contribution in [-0.2, 0) is 0 Å². The van der Waals surface area contributed by atoms with Crippen LogP contribution in [0.15, 0.2) is 72.5 Å². The Morgan fingerprint density at radius 2 is 1.88 bits per heavy atom.